The minimum Gasteiger partial charge on any atom is -0.493 e. The van der Waals surface area contributed by atoms with E-state index in [1.54, 1.807) is 14.2 Å². The number of aliphatic carboxylic acids is 1. The first kappa shape index (κ1) is 32.8. The van der Waals surface area contributed by atoms with Crippen LogP contribution in [0.25, 0.3) is 0 Å². The average molecular weight is 640 g/mol. The molecule has 1 heterocycles. The molecule has 2 bridgehead atoms. The minimum absolute atomic E-state index is 0.00208. The van der Waals surface area contributed by atoms with Crippen molar-refractivity contribution in [2.45, 2.75) is 81.1 Å². The standard InChI is InChI=1S/C30H37F2N3O3.C2HF3O2/c1-37-26-8-5-20(15-27(26)38-2)30-10-9-22(34-29(36)33-21-6-7-23(31)24(32)16-21)17-28(30)35(12-11-30)25-14-18-3-4-19(25)13-18;3-2(4,5)1(6)7/h5-8,15-16,18-19,22,25,28H,3-4,9-14,17H2,1-2H3,(H2,33,34,36);(H,6,7). The van der Waals surface area contributed by atoms with Gasteiger partial charge in [-0.05, 0) is 93.2 Å². The van der Waals surface area contributed by atoms with E-state index in [1.807, 2.05) is 6.07 Å². The summed E-state index contributed by atoms with van der Waals surface area (Å²) in [7, 11) is 3.34. The number of fused-ring (bicyclic) bond motifs is 3. The van der Waals surface area contributed by atoms with E-state index in [0.29, 0.717) is 12.1 Å². The average Bonchev–Trinajstić information content (AvgIpc) is 3.73. The number of carboxylic acids is 1. The first-order valence-corrected chi connectivity index (χ1v) is 15.2. The number of urea groups is 1. The first-order chi connectivity index (χ1) is 21.3. The van der Waals surface area contributed by atoms with Gasteiger partial charge in [-0.15, -0.1) is 0 Å². The van der Waals surface area contributed by atoms with Gasteiger partial charge in [-0.25, -0.2) is 18.4 Å². The Bertz CT molecular complexity index is 1410. The number of rotatable bonds is 6. The van der Waals surface area contributed by atoms with Crippen LogP contribution in [0.2, 0.25) is 0 Å². The number of methoxy groups -OCH3 is 2. The Labute approximate surface area is 258 Å². The van der Waals surface area contributed by atoms with Gasteiger partial charge < -0.3 is 25.2 Å². The van der Waals surface area contributed by atoms with E-state index in [2.05, 4.69) is 27.7 Å². The molecular formula is C32H38F5N3O5. The second kappa shape index (κ2) is 13.0. The molecule has 13 heteroatoms. The summed E-state index contributed by atoms with van der Waals surface area (Å²) in [5.41, 5.74) is 1.52. The number of halogens is 5. The highest BCUT2D eigenvalue weighted by Gasteiger charge is 2.56. The SMILES string of the molecule is COc1ccc(C23CCC(NC(=O)Nc4ccc(F)c(F)c4)CC2N(C2CC4CCC2C4)CC3)cc1OC.O=C(O)C(F)(F)F. The number of amides is 2. The summed E-state index contributed by atoms with van der Waals surface area (Å²) in [6.45, 7) is 1.07. The van der Waals surface area contributed by atoms with E-state index in [9.17, 15) is 26.7 Å². The van der Waals surface area contributed by atoms with Crippen LogP contribution in [0.1, 0.15) is 56.9 Å². The number of carbonyl (C=O) groups is 2. The molecule has 3 saturated carbocycles. The first-order valence-electron chi connectivity index (χ1n) is 15.2. The Morgan fingerprint density at radius 1 is 0.933 bits per heavy atom. The number of nitrogens with one attached hydrogen (secondary N) is 2. The van der Waals surface area contributed by atoms with Gasteiger partial charge in [0.15, 0.2) is 23.1 Å². The smallest absolute Gasteiger partial charge is 0.490 e. The maximum absolute atomic E-state index is 13.6. The molecule has 1 saturated heterocycles. The third-order valence-corrected chi connectivity index (χ3v) is 10.1. The maximum atomic E-state index is 13.6. The number of carbonyl (C=O) groups excluding carboxylic acids is 1. The number of hydrogen-bond acceptors (Lipinski definition) is 5. The van der Waals surface area contributed by atoms with Crippen LogP contribution in [0.3, 0.4) is 0 Å². The second-order valence-electron chi connectivity index (χ2n) is 12.5. The van der Waals surface area contributed by atoms with E-state index in [0.717, 1.165) is 67.7 Å². The fraction of sp³-hybridized carbons (Fsp3) is 0.562. The molecule has 2 aromatic carbocycles. The lowest BCUT2D eigenvalue weighted by atomic mass is 9.64. The quantitative estimate of drug-likeness (QED) is 0.313. The Balaban J connectivity index is 0.000000515. The summed E-state index contributed by atoms with van der Waals surface area (Å²) in [5.74, 6) is -1.54. The van der Waals surface area contributed by atoms with Crippen molar-refractivity contribution < 1.29 is 46.1 Å². The molecule has 0 spiro atoms. The van der Waals surface area contributed by atoms with E-state index < -0.39 is 23.8 Å². The van der Waals surface area contributed by atoms with E-state index in [-0.39, 0.29) is 23.2 Å². The van der Waals surface area contributed by atoms with Gasteiger partial charge in [0.1, 0.15) is 0 Å². The van der Waals surface area contributed by atoms with Crippen molar-refractivity contribution >= 4 is 17.7 Å². The highest BCUT2D eigenvalue weighted by atomic mass is 19.4. The second-order valence-corrected chi connectivity index (χ2v) is 12.5. The van der Waals surface area contributed by atoms with Gasteiger partial charge in [-0.3, -0.25) is 4.90 Å². The Kier molecular flexibility index (Phi) is 9.48. The molecule has 2 amide bonds. The molecule has 4 aliphatic rings. The number of nitrogens with zero attached hydrogens (tertiary/aromatic N) is 1. The molecule has 6 rings (SSSR count). The van der Waals surface area contributed by atoms with E-state index in [4.69, 9.17) is 19.4 Å². The van der Waals surface area contributed by atoms with Crippen LogP contribution in [0.5, 0.6) is 11.5 Å². The summed E-state index contributed by atoms with van der Waals surface area (Å²) in [6.07, 6.45) is 4.02. The molecule has 4 fully saturated rings. The van der Waals surface area contributed by atoms with Gasteiger partial charge in [0.05, 0.1) is 14.2 Å². The summed E-state index contributed by atoms with van der Waals surface area (Å²) < 4.78 is 69.8. The van der Waals surface area contributed by atoms with E-state index >= 15 is 0 Å². The zero-order chi connectivity index (χ0) is 32.5. The van der Waals surface area contributed by atoms with Crippen molar-refractivity contribution in [2.75, 3.05) is 26.1 Å². The van der Waals surface area contributed by atoms with Crippen LogP contribution in [0.15, 0.2) is 36.4 Å². The van der Waals surface area contributed by atoms with Crippen LogP contribution in [-0.4, -0.2) is 67.1 Å². The van der Waals surface area contributed by atoms with Gasteiger partial charge in [0.25, 0.3) is 0 Å². The summed E-state index contributed by atoms with van der Waals surface area (Å²) in [5, 5.41) is 12.9. The molecule has 2 aromatic rings. The summed E-state index contributed by atoms with van der Waals surface area (Å²) in [4.78, 5) is 24.5. The molecule has 0 radical (unpaired) electrons. The maximum Gasteiger partial charge on any atom is 0.490 e. The monoisotopic (exact) mass is 639 g/mol. The number of benzene rings is 2. The van der Waals surface area contributed by atoms with Crippen molar-refractivity contribution in [2.24, 2.45) is 11.8 Å². The van der Waals surface area contributed by atoms with Gasteiger partial charge >= 0.3 is 18.2 Å². The van der Waals surface area contributed by atoms with Crippen LogP contribution in [0.4, 0.5) is 32.4 Å². The summed E-state index contributed by atoms with van der Waals surface area (Å²) >= 11 is 0. The summed E-state index contributed by atoms with van der Waals surface area (Å²) in [6, 6.07) is 10.3. The number of alkyl halides is 3. The van der Waals surface area contributed by atoms with Crippen LogP contribution in [0, 0.1) is 23.5 Å². The molecule has 3 N–H and O–H groups in total. The number of carboxylic acid groups (broad SMARTS) is 1. The third-order valence-electron chi connectivity index (χ3n) is 10.1. The zero-order valence-corrected chi connectivity index (χ0v) is 25.1. The van der Waals surface area contributed by atoms with Crippen LogP contribution in [-0.2, 0) is 10.2 Å². The molecule has 3 aliphatic carbocycles. The lowest BCUT2D eigenvalue weighted by Crippen LogP contribution is -2.55. The predicted molar refractivity (Wildman–Crippen MR) is 155 cm³/mol. The normalized spacial score (nSPS) is 28.9. The number of likely N-dealkylation sites (tertiary alicyclic amines) is 1. The topological polar surface area (TPSA) is 100 Å². The van der Waals surface area contributed by atoms with Crippen molar-refractivity contribution in [3.63, 3.8) is 0 Å². The number of ether oxygens (including phenoxy) is 2. The minimum atomic E-state index is -5.08. The van der Waals surface area contributed by atoms with Crippen molar-refractivity contribution in [1.82, 2.24) is 10.2 Å². The van der Waals surface area contributed by atoms with Gasteiger partial charge in [0.2, 0.25) is 0 Å². The fourth-order valence-electron chi connectivity index (χ4n) is 8.14. The highest BCUT2D eigenvalue weighted by molar-refractivity contribution is 5.89. The van der Waals surface area contributed by atoms with Gasteiger partial charge in [-0.2, -0.15) is 13.2 Å². The Morgan fingerprint density at radius 2 is 1.67 bits per heavy atom. The Morgan fingerprint density at radius 3 is 2.27 bits per heavy atom. The van der Waals surface area contributed by atoms with Crippen molar-refractivity contribution in [1.29, 1.82) is 0 Å². The molecule has 45 heavy (non-hydrogen) atoms. The highest BCUT2D eigenvalue weighted by Crippen LogP contribution is 2.55. The van der Waals surface area contributed by atoms with Crippen LogP contribution >= 0.6 is 0 Å². The largest absolute Gasteiger partial charge is 0.493 e. The fourth-order valence-corrected chi connectivity index (χ4v) is 8.14. The lowest BCUT2D eigenvalue weighted by molar-refractivity contribution is -0.192. The molecule has 246 valence electrons. The van der Waals surface area contributed by atoms with Gasteiger partial charge in [0, 0.05) is 35.3 Å². The molecule has 0 aromatic heterocycles. The number of anilines is 1. The van der Waals surface area contributed by atoms with Crippen molar-refractivity contribution in [3.8, 4) is 11.5 Å². The Hall–Kier alpha value is -3.61. The molecular weight excluding hydrogens is 601 g/mol. The van der Waals surface area contributed by atoms with Gasteiger partial charge in [-0.1, -0.05) is 12.5 Å². The van der Waals surface area contributed by atoms with Crippen LogP contribution < -0.4 is 20.1 Å². The van der Waals surface area contributed by atoms with E-state index in [1.165, 1.54) is 37.3 Å². The zero-order valence-electron chi connectivity index (χ0n) is 25.1. The van der Waals surface area contributed by atoms with Crippen molar-refractivity contribution in [3.05, 3.63) is 53.6 Å². The number of hydrogen-bond donors (Lipinski definition) is 3. The third kappa shape index (κ3) is 6.83. The lowest BCUT2D eigenvalue weighted by Gasteiger charge is -2.48. The predicted octanol–water partition coefficient (Wildman–Crippen LogP) is 6.49. The molecule has 6 atom stereocenters. The molecule has 8 nitrogen and oxygen atoms in total. The molecule has 1 aliphatic heterocycles. The molecule has 6 unspecified atom stereocenters.